The van der Waals surface area contributed by atoms with Crippen LogP contribution in [0, 0.1) is 12.3 Å². The predicted molar refractivity (Wildman–Crippen MR) is 51.9 cm³/mol. The molecular weight excluding hydrogens is 221 g/mol. The van der Waals surface area contributed by atoms with E-state index < -0.39 is 23.9 Å². The normalized spacial score (nSPS) is 15.2. The molecular formula is C10H15F3N2O. The standard InChI is InChI=1S/C10H15F3N2O/c1-6-14-8(16-15-6)7(9(2,3)4)5-10(11,12)13/h7H,5H2,1-4H3. The van der Waals surface area contributed by atoms with Crippen LogP contribution in [0.15, 0.2) is 4.52 Å². The fourth-order valence-corrected chi connectivity index (χ4v) is 1.45. The van der Waals surface area contributed by atoms with Crippen molar-refractivity contribution in [2.24, 2.45) is 5.41 Å². The molecule has 0 aliphatic heterocycles. The van der Waals surface area contributed by atoms with Gasteiger partial charge in [0.15, 0.2) is 5.82 Å². The highest BCUT2D eigenvalue weighted by Crippen LogP contribution is 2.41. The second-order valence-electron chi connectivity index (χ2n) is 4.92. The number of aromatic nitrogens is 2. The van der Waals surface area contributed by atoms with Crippen LogP contribution in [0.25, 0.3) is 0 Å². The summed E-state index contributed by atoms with van der Waals surface area (Å²) >= 11 is 0. The summed E-state index contributed by atoms with van der Waals surface area (Å²) in [6.45, 7) is 6.76. The summed E-state index contributed by atoms with van der Waals surface area (Å²) in [7, 11) is 0. The summed E-state index contributed by atoms with van der Waals surface area (Å²) in [5.41, 5.74) is -0.575. The Morgan fingerprint density at radius 1 is 1.25 bits per heavy atom. The third-order valence-electron chi connectivity index (χ3n) is 2.32. The zero-order chi connectivity index (χ0) is 12.6. The number of aryl methyl sites for hydroxylation is 1. The number of hydrogen-bond donors (Lipinski definition) is 0. The van der Waals surface area contributed by atoms with Gasteiger partial charge in [-0.05, 0) is 12.3 Å². The van der Waals surface area contributed by atoms with Crippen molar-refractivity contribution in [3.63, 3.8) is 0 Å². The molecule has 1 aromatic rings. The Labute approximate surface area is 92.0 Å². The van der Waals surface area contributed by atoms with Crippen molar-refractivity contribution in [1.82, 2.24) is 10.1 Å². The van der Waals surface area contributed by atoms with Crippen molar-refractivity contribution in [2.75, 3.05) is 0 Å². The smallest absolute Gasteiger partial charge is 0.339 e. The van der Waals surface area contributed by atoms with E-state index in [2.05, 4.69) is 10.1 Å². The summed E-state index contributed by atoms with van der Waals surface area (Å²) in [6, 6.07) is 0. The Morgan fingerprint density at radius 2 is 1.81 bits per heavy atom. The van der Waals surface area contributed by atoms with Crippen LogP contribution in [0.3, 0.4) is 0 Å². The Balaban J connectivity index is 2.98. The van der Waals surface area contributed by atoms with Crippen LogP contribution in [0.2, 0.25) is 0 Å². The SMILES string of the molecule is Cc1noc(C(CC(F)(F)F)C(C)(C)C)n1. The number of nitrogens with zero attached hydrogens (tertiary/aromatic N) is 2. The third-order valence-corrected chi connectivity index (χ3v) is 2.32. The van der Waals surface area contributed by atoms with Crippen LogP contribution in [-0.4, -0.2) is 16.3 Å². The maximum Gasteiger partial charge on any atom is 0.389 e. The molecule has 3 nitrogen and oxygen atoms in total. The summed E-state index contributed by atoms with van der Waals surface area (Å²) in [5.74, 6) is -0.401. The van der Waals surface area contributed by atoms with Gasteiger partial charge in [-0.25, -0.2) is 0 Å². The van der Waals surface area contributed by atoms with Crippen molar-refractivity contribution in [3.05, 3.63) is 11.7 Å². The van der Waals surface area contributed by atoms with Crippen LogP contribution >= 0.6 is 0 Å². The van der Waals surface area contributed by atoms with Crippen LogP contribution in [-0.2, 0) is 0 Å². The first-order chi connectivity index (χ1) is 7.09. The second kappa shape index (κ2) is 4.07. The van der Waals surface area contributed by atoms with Gasteiger partial charge in [0, 0.05) is 0 Å². The molecule has 0 radical (unpaired) electrons. The lowest BCUT2D eigenvalue weighted by molar-refractivity contribution is -0.146. The highest BCUT2D eigenvalue weighted by Gasteiger charge is 2.41. The molecule has 16 heavy (non-hydrogen) atoms. The van der Waals surface area contributed by atoms with Crippen LogP contribution < -0.4 is 0 Å². The minimum atomic E-state index is -4.24. The molecule has 0 aliphatic rings. The summed E-state index contributed by atoms with van der Waals surface area (Å²) in [5, 5.41) is 3.53. The summed E-state index contributed by atoms with van der Waals surface area (Å²) in [6.07, 6.45) is -5.18. The van der Waals surface area contributed by atoms with Crippen LogP contribution in [0.5, 0.6) is 0 Å². The zero-order valence-electron chi connectivity index (χ0n) is 9.72. The highest BCUT2D eigenvalue weighted by molar-refractivity contribution is 4.99. The molecule has 1 heterocycles. The molecule has 0 aromatic carbocycles. The molecule has 92 valence electrons. The van der Waals surface area contributed by atoms with E-state index >= 15 is 0 Å². The summed E-state index contributed by atoms with van der Waals surface area (Å²) < 4.78 is 42.2. The zero-order valence-corrected chi connectivity index (χ0v) is 9.72. The lowest BCUT2D eigenvalue weighted by atomic mass is 9.78. The minimum Gasteiger partial charge on any atom is -0.339 e. The number of hydrogen-bond acceptors (Lipinski definition) is 3. The number of alkyl halides is 3. The number of rotatable bonds is 2. The quantitative estimate of drug-likeness (QED) is 0.789. The van der Waals surface area contributed by atoms with Gasteiger partial charge in [0.2, 0.25) is 5.89 Å². The molecule has 1 rings (SSSR count). The van der Waals surface area contributed by atoms with Crippen molar-refractivity contribution < 1.29 is 17.7 Å². The molecule has 0 spiro atoms. The first kappa shape index (κ1) is 13.0. The molecule has 0 aliphatic carbocycles. The van der Waals surface area contributed by atoms with E-state index in [0.29, 0.717) is 5.82 Å². The van der Waals surface area contributed by atoms with Gasteiger partial charge in [-0.2, -0.15) is 18.2 Å². The van der Waals surface area contributed by atoms with Crippen molar-refractivity contribution in [1.29, 1.82) is 0 Å². The van der Waals surface area contributed by atoms with Crippen LogP contribution in [0.4, 0.5) is 13.2 Å². The molecule has 1 unspecified atom stereocenters. The van der Waals surface area contributed by atoms with E-state index in [4.69, 9.17) is 4.52 Å². The van der Waals surface area contributed by atoms with E-state index in [1.807, 2.05) is 0 Å². The number of halogens is 3. The predicted octanol–water partition coefficient (Wildman–Crippen LogP) is 3.46. The van der Waals surface area contributed by atoms with Gasteiger partial charge < -0.3 is 4.52 Å². The molecule has 0 saturated heterocycles. The van der Waals surface area contributed by atoms with Gasteiger partial charge >= 0.3 is 6.18 Å². The fraction of sp³-hybridized carbons (Fsp3) is 0.800. The molecule has 1 aromatic heterocycles. The first-order valence-electron chi connectivity index (χ1n) is 4.96. The van der Waals surface area contributed by atoms with Gasteiger partial charge in [0.05, 0.1) is 12.3 Å². The Bertz CT molecular complexity index is 352. The Kier molecular flexibility index (Phi) is 3.30. The monoisotopic (exact) mass is 236 g/mol. The average Bonchev–Trinajstić information content (AvgIpc) is 2.43. The van der Waals surface area contributed by atoms with Gasteiger partial charge in [-0.15, -0.1) is 0 Å². The van der Waals surface area contributed by atoms with Gasteiger partial charge in [-0.3, -0.25) is 0 Å². The fourth-order valence-electron chi connectivity index (χ4n) is 1.45. The van der Waals surface area contributed by atoms with Gasteiger partial charge in [-0.1, -0.05) is 25.9 Å². The Morgan fingerprint density at radius 3 is 2.12 bits per heavy atom. The second-order valence-corrected chi connectivity index (χ2v) is 4.92. The van der Waals surface area contributed by atoms with Gasteiger partial charge in [0.1, 0.15) is 0 Å². The van der Waals surface area contributed by atoms with Crippen molar-refractivity contribution >= 4 is 0 Å². The maximum absolute atomic E-state index is 12.4. The largest absolute Gasteiger partial charge is 0.389 e. The molecule has 0 bridgehead atoms. The molecule has 1 atom stereocenters. The molecule has 0 N–H and O–H groups in total. The minimum absolute atomic E-state index is 0.0577. The van der Waals surface area contributed by atoms with Gasteiger partial charge in [0.25, 0.3) is 0 Å². The summed E-state index contributed by atoms with van der Waals surface area (Å²) in [4.78, 5) is 3.88. The van der Waals surface area contributed by atoms with E-state index in [0.717, 1.165) is 0 Å². The highest BCUT2D eigenvalue weighted by atomic mass is 19.4. The van der Waals surface area contributed by atoms with Crippen molar-refractivity contribution in [2.45, 2.75) is 46.2 Å². The molecule has 0 fully saturated rings. The molecule has 0 amide bonds. The topological polar surface area (TPSA) is 38.9 Å². The van der Waals surface area contributed by atoms with E-state index in [1.54, 1.807) is 27.7 Å². The Hall–Kier alpha value is -1.07. The lowest BCUT2D eigenvalue weighted by Gasteiger charge is -2.28. The lowest BCUT2D eigenvalue weighted by Crippen LogP contribution is -2.25. The van der Waals surface area contributed by atoms with E-state index in [9.17, 15) is 13.2 Å². The molecule has 6 heteroatoms. The molecule has 0 saturated carbocycles. The third kappa shape index (κ3) is 3.50. The van der Waals surface area contributed by atoms with Crippen molar-refractivity contribution in [3.8, 4) is 0 Å². The van der Waals surface area contributed by atoms with Crippen LogP contribution in [0.1, 0.15) is 44.8 Å². The van der Waals surface area contributed by atoms with E-state index in [1.165, 1.54) is 0 Å². The first-order valence-corrected chi connectivity index (χ1v) is 4.96. The average molecular weight is 236 g/mol. The maximum atomic E-state index is 12.4. The van der Waals surface area contributed by atoms with E-state index in [-0.39, 0.29) is 5.89 Å².